The van der Waals surface area contributed by atoms with Gasteiger partial charge in [-0.05, 0) is 30.5 Å². The van der Waals surface area contributed by atoms with Gasteiger partial charge in [-0.1, -0.05) is 32.0 Å². The van der Waals surface area contributed by atoms with Crippen LogP contribution in [0.1, 0.15) is 37.8 Å². The molecule has 3 heterocycles. The van der Waals surface area contributed by atoms with E-state index >= 15 is 0 Å². The van der Waals surface area contributed by atoms with E-state index in [0.29, 0.717) is 30.3 Å². The molecule has 0 fully saturated rings. The number of para-hydroxylation sites is 1. The molecule has 1 unspecified atom stereocenters. The van der Waals surface area contributed by atoms with Gasteiger partial charge in [0.1, 0.15) is 24.3 Å². The number of amides is 2. The summed E-state index contributed by atoms with van der Waals surface area (Å²) in [4.78, 5) is 30.5. The zero-order valence-electron chi connectivity index (χ0n) is 17.8. The van der Waals surface area contributed by atoms with Crippen molar-refractivity contribution in [3.8, 4) is 17.2 Å². The number of carbonyl (C=O) groups is 2. The van der Waals surface area contributed by atoms with Gasteiger partial charge in [-0.25, -0.2) is 0 Å². The standard InChI is InChI=1S/C24H26N2O5/c1-3-9-25(10-4-2)22(27)13-26-18-8-6-5-7-16(18)24(23(26)28)14-29-19-12-21-20(11-17(19)24)30-15-31-21/h5-8,11-12H,3-4,9-10,13-15H2,1-2H3. The summed E-state index contributed by atoms with van der Waals surface area (Å²) in [6.07, 6.45) is 1.77. The van der Waals surface area contributed by atoms with Crippen LogP contribution in [-0.2, 0) is 15.0 Å². The molecule has 0 N–H and O–H groups in total. The first-order chi connectivity index (χ1) is 15.1. The van der Waals surface area contributed by atoms with Gasteiger partial charge in [0.2, 0.25) is 18.6 Å². The highest BCUT2D eigenvalue weighted by Crippen LogP contribution is 2.54. The molecule has 0 saturated carbocycles. The van der Waals surface area contributed by atoms with Crippen LogP contribution in [0.5, 0.6) is 17.2 Å². The largest absolute Gasteiger partial charge is 0.491 e. The van der Waals surface area contributed by atoms with Crippen LogP contribution < -0.4 is 19.1 Å². The van der Waals surface area contributed by atoms with Crippen molar-refractivity contribution >= 4 is 17.5 Å². The molecule has 2 aromatic rings. The molecule has 1 spiro atoms. The highest BCUT2D eigenvalue weighted by atomic mass is 16.7. The monoisotopic (exact) mass is 422 g/mol. The average Bonchev–Trinajstić information content (AvgIpc) is 3.45. The molecule has 0 radical (unpaired) electrons. The lowest BCUT2D eigenvalue weighted by Crippen LogP contribution is -2.47. The molecular weight excluding hydrogens is 396 g/mol. The lowest BCUT2D eigenvalue weighted by molar-refractivity contribution is -0.132. The Morgan fingerprint density at radius 2 is 1.71 bits per heavy atom. The quantitative estimate of drug-likeness (QED) is 0.716. The van der Waals surface area contributed by atoms with Gasteiger partial charge in [-0.15, -0.1) is 0 Å². The number of benzene rings is 2. The maximum atomic E-state index is 13.9. The molecule has 162 valence electrons. The number of anilines is 1. The van der Waals surface area contributed by atoms with E-state index in [9.17, 15) is 9.59 Å². The maximum absolute atomic E-state index is 13.9. The van der Waals surface area contributed by atoms with E-state index in [2.05, 4.69) is 13.8 Å². The molecule has 31 heavy (non-hydrogen) atoms. The first kappa shape index (κ1) is 19.7. The molecule has 5 rings (SSSR count). The Bertz CT molecular complexity index is 1050. The topological polar surface area (TPSA) is 68.3 Å². The zero-order chi connectivity index (χ0) is 21.6. The van der Waals surface area contributed by atoms with Crippen molar-refractivity contribution in [2.75, 3.05) is 37.9 Å². The first-order valence-corrected chi connectivity index (χ1v) is 10.9. The van der Waals surface area contributed by atoms with Crippen molar-refractivity contribution in [3.63, 3.8) is 0 Å². The molecule has 7 nitrogen and oxygen atoms in total. The SMILES string of the molecule is CCCN(CCC)C(=O)CN1C(=O)C2(COc3cc4c(cc32)OCO4)c2ccccc21. The van der Waals surface area contributed by atoms with Gasteiger partial charge in [0.05, 0.1) is 0 Å². The van der Waals surface area contributed by atoms with Crippen LogP contribution in [0.4, 0.5) is 5.69 Å². The van der Waals surface area contributed by atoms with Gasteiger partial charge >= 0.3 is 0 Å². The van der Waals surface area contributed by atoms with E-state index in [4.69, 9.17) is 14.2 Å². The molecule has 2 aromatic carbocycles. The summed E-state index contributed by atoms with van der Waals surface area (Å²) in [5.41, 5.74) is 1.42. The molecule has 0 aliphatic carbocycles. The Labute approximate surface area is 181 Å². The van der Waals surface area contributed by atoms with E-state index in [1.165, 1.54) is 0 Å². The minimum atomic E-state index is -0.979. The lowest BCUT2D eigenvalue weighted by Gasteiger charge is -2.26. The molecule has 1 atom stereocenters. The third-order valence-corrected chi connectivity index (χ3v) is 6.28. The number of fused-ring (bicyclic) bond motifs is 5. The van der Waals surface area contributed by atoms with Crippen LogP contribution in [0, 0.1) is 0 Å². The summed E-state index contributed by atoms with van der Waals surface area (Å²) in [6, 6.07) is 11.3. The number of nitrogens with zero attached hydrogens (tertiary/aromatic N) is 2. The molecule has 0 bridgehead atoms. The summed E-state index contributed by atoms with van der Waals surface area (Å²) in [6.45, 7) is 5.86. The smallest absolute Gasteiger partial charge is 0.246 e. The minimum Gasteiger partial charge on any atom is -0.491 e. The number of hydrogen-bond acceptors (Lipinski definition) is 5. The van der Waals surface area contributed by atoms with E-state index in [1.807, 2.05) is 35.2 Å². The predicted octanol–water partition coefficient (Wildman–Crippen LogP) is 3.09. The van der Waals surface area contributed by atoms with Crippen molar-refractivity contribution in [1.82, 2.24) is 4.90 Å². The summed E-state index contributed by atoms with van der Waals surface area (Å²) >= 11 is 0. The van der Waals surface area contributed by atoms with E-state index in [0.717, 1.165) is 29.7 Å². The lowest BCUT2D eigenvalue weighted by atomic mass is 9.77. The van der Waals surface area contributed by atoms with Gasteiger partial charge in [0.25, 0.3) is 0 Å². The molecule has 3 aliphatic heterocycles. The molecule has 7 heteroatoms. The number of ether oxygens (including phenoxy) is 3. The predicted molar refractivity (Wildman–Crippen MR) is 115 cm³/mol. The first-order valence-electron chi connectivity index (χ1n) is 10.9. The Morgan fingerprint density at radius 1 is 1.00 bits per heavy atom. The fourth-order valence-electron chi connectivity index (χ4n) is 4.86. The Kier molecular flexibility index (Phi) is 4.76. The van der Waals surface area contributed by atoms with Gasteiger partial charge in [0, 0.05) is 30.4 Å². The Morgan fingerprint density at radius 3 is 2.45 bits per heavy atom. The number of carbonyl (C=O) groups excluding carboxylic acids is 2. The minimum absolute atomic E-state index is 0.0253. The second-order valence-electron chi connectivity index (χ2n) is 8.18. The Hall–Kier alpha value is -3.22. The van der Waals surface area contributed by atoms with E-state index in [-0.39, 0.29) is 31.8 Å². The fraction of sp³-hybridized carbons (Fsp3) is 0.417. The van der Waals surface area contributed by atoms with Crippen LogP contribution in [0.15, 0.2) is 36.4 Å². The molecule has 3 aliphatic rings. The molecule has 0 saturated heterocycles. The second-order valence-corrected chi connectivity index (χ2v) is 8.18. The summed E-state index contributed by atoms with van der Waals surface area (Å²) < 4.78 is 17.0. The van der Waals surface area contributed by atoms with Crippen molar-refractivity contribution < 1.29 is 23.8 Å². The van der Waals surface area contributed by atoms with Crippen molar-refractivity contribution in [3.05, 3.63) is 47.5 Å². The van der Waals surface area contributed by atoms with Crippen LogP contribution in [0.25, 0.3) is 0 Å². The Balaban J connectivity index is 1.54. The second kappa shape index (κ2) is 7.48. The number of hydrogen-bond donors (Lipinski definition) is 0. The summed E-state index contributed by atoms with van der Waals surface area (Å²) in [5, 5.41) is 0. The summed E-state index contributed by atoms with van der Waals surface area (Å²) in [5.74, 6) is 1.69. The number of rotatable bonds is 6. The van der Waals surface area contributed by atoms with Crippen LogP contribution in [-0.4, -0.2) is 49.7 Å². The van der Waals surface area contributed by atoms with Gasteiger partial charge in [-0.3, -0.25) is 9.59 Å². The molecule has 2 amide bonds. The summed E-state index contributed by atoms with van der Waals surface area (Å²) in [7, 11) is 0. The highest BCUT2D eigenvalue weighted by Gasteiger charge is 2.57. The van der Waals surface area contributed by atoms with Gasteiger partial charge < -0.3 is 24.0 Å². The zero-order valence-corrected chi connectivity index (χ0v) is 17.8. The maximum Gasteiger partial charge on any atom is 0.246 e. The van der Waals surface area contributed by atoms with Crippen LogP contribution in [0.3, 0.4) is 0 Å². The average molecular weight is 422 g/mol. The normalized spacial score (nSPS) is 20.1. The third-order valence-electron chi connectivity index (χ3n) is 6.28. The van der Waals surface area contributed by atoms with Crippen molar-refractivity contribution in [1.29, 1.82) is 0 Å². The fourth-order valence-corrected chi connectivity index (χ4v) is 4.86. The van der Waals surface area contributed by atoms with Crippen LogP contribution >= 0.6 is 0 Å². The third kappa shape index (κ3) is 2.86. The van der Waals surface area contributed by atoms with E-state index in [1.54, 1.807) is 11.0 Å². The molecular formula is C24H26N2O5. The van der Waals surface area contributed by atoms with Crippen molar-refractivity contribution in [2.45, 2.75) is 32.1 Å². The van der Waals surface area contributed by atoms with Gasteiger partial charge in [0.15, 0.2) is 11.5 Å². The van der Waals surface area contributed by atoms with Gasteiger partial charge in [-0.2, -0.15) is 0 Å². The highest BCUT2D eigenvalue weighted by molar-refractivity contribution is 6.13. The van der Waals surface area contributed by atoms with Crippen LogP contribution in [0.2, 0.25) is 0 Å². The van der Waals surface area contributed by atoms with E-state index < -0.39 is 5.41 Å². The van der Waals surface area contributed by atoms with Crippen molar-refractivity contribution in [2.24, 2.45) is 0 Å². The molecule has 0 aromatic heterocycles.